The van der Waals surface area contributed by atoms with E-state index in [1.165, 1.54) is 18.2 Å². The zero-order valence-electron chi connectivity index (χ0n) is 8.40. The van der Waals surface area contributed by atoms with Crippen LogP contribution >= 0.6 is 0 Å². The number of benzene rings is 1. The highest BCUT2D eigenvalue weighted by Gasteiger charge is 2.12. The van der Waals surface area contributed by atoms with E-state index >= 15 is 0 Å². The molecule has 0 aliphatic carbocycles. The molecule has 1 aromatic carbocycles. The standard InChI is InChI=1S/C11H8FNO3/c1-6-4-7(2-3-8(6)12)9-5-10(11(14)15)16-13-9/h2-5H,1H3,(H,14,15). The van der Waals surface area contributed by atoms with Gasteiger partial charge in [0, 0.05) is 11.6 Å². The minimum absolute atomic E-state index is 0.239. The first-order valence-electron chi connectivity index (χ1n) is 4.54. The summed E-state index contributed by atoms with van der Waals surface area (Å²) in [6.45, 7) is 1.62. The van der Waals surface area contributed by atoms with Crippen LogP contribution in [0.4, 0.5) is 4.39 Å². The Labute approximate surface area is 90.3 Å². The number of halogens is 1. The molecule has 0 unspecified atom stereocenters. The first-order valence-corrected chi connectivity index (χ1v) is 4.54. The number of aromatic nitrogens is 1. The molecule has 0 aliphatic rings. The predicted molar refractivity (Wildman–Crippen MR) is 53.6 cm³/mol. The minimum Gasteiger partial charge on any atom is -0.475 e. The zero-order valence-corrected chi connectivity index (χ0v) is 8.40. The first kappa shape index (κ1) is 10.4. The van der Waals surface area contributed by atoms with Crippen LogP contribution in [0.15, 0.2) is 28.8 Å². The number of aryl methyl sites for hydroxylation is 1. The van der Waals surface area contributed by atoms with Crippen molar-refractivity contribution in [2.75, 3.05) is 0 Å². The van der Waals surface area contributed by atoms with Crippen LogP contribution in [0.5, 0.6) is 0 Å². The van der Waals surface area contributed by atoms with Crippen LogP contribution in [0.2, 0.25) is 0 Å². The highest BCUT2D eigenvalue weighted by Crippen LogP contribution is 2.21. The van der Waals surface area contributed by atoms with Gasteiger partial charge in [-0.3, -0.25) is 0 Å². The van der Waals surface area contributed by atoms with Crippen molar-refractivity contribution in [1.82, 2.24) is 5.16 Å². The van der Waals surface area contributed by atoms with Crippen LogP contribution in [0.3, 0.4) is 0 Å². The molecular formula is C11H8FNO3. The zero-order chi connectivity index (χ0) is 11.7. The number of carboxylic acids is 1. The lowest BCUT2D eigenvalue weighted by atomic mass is 10.1. The van der Waals surface area contributed by atoms with E-state index in [0.717, 1.165) is 0 Å². The summed E-state index contributed by atoms with van der Waals surface area (Å²) in [7, 11) is 0. The SMILES string of the molecule is Cc1cc(-c2cc(C(=O)O)on2)ccc1F. The van der Waals surface area contributed by atoms with E-state index in [4.69, 9.17) is 5.11 Å². The molecule has 2 aromatic rings. The average molecular weight is 221 g/mol. The van der Waals surface area contributed by atoms with E-state index < -0.39 is 5.97 Å². The Morgan fingerprint density at radius 3 is 2.75 bits per heavy atom. The van der Waals surface area contributed by atoms with Crippen LogP contribution in [-0.4, -0.2) is 16.2 Å². The van der Waals surface area contributed by atoms with E-state index in [0.29, 0.717) is 16.8 Å². The molecule has 0 radical (unpaired) electrons. The molecule has 82 valence electrons. The summed E-state index contributed by atoms with van der Waals surface area (Å²) in [5.41, 5.74) is 1.47. The first-order chi connectivity index (χ1) is 7.58. The van der Waals surface area contributed by atoms with Gasteiger partial charge in [0.2, 0.25) is 5.76 Å². The lowest BCUT2D eigenvalue weighted by molar-refractivity contribution is 0.0652. The molecule has 0 amide bonds. The Bertz CT molecular complexity index is 548. The Balaban J connectivity index is 2.42. The summed E-state index contributed by atoms with van der Waals surface area (Å²) in [4.78, 5) is 10.6. The van der Waals surface area contributed by atoms with E-state index in [1.807, 2.05) is 0 Å². The van der Waals surface area contributed by atoms with Crippen molar-refractivity contribution in [2.24, 2.45) is 0 Å². The third-order valence-corrected chi connectivity index (χ3v) is 2.17. The highest BCUT2D eigenvalue weighted by molar-refractivity contribution is 5.85. The monoisotopic (exact) mass is 221 g/mol. The smallest absolute Gasteiger partial charge is 0.374 e. The number of aromatic carboxylic acids is 1. The van der Waals surface area contributed by atoms with Gasteiger partial charge in [-0.05, 0) is 30.7 Å². The molecule has 0 saturated heterocycles. The maximum absolute atomic E-state index is 13.0. The van der Waals surface area contributed by atoms with Crippen molar-refractivity contribution in [2.45, 2.75) is 6.92 Å². The third-order valence-electron chi connectivity index (χ3n) is 2.17. The molecule has 0 bridgehead atoms. The quantitative estimate of drug-likeness (QED) is 0.846. The van der Waals surface area contributed by atoms with Crippen LogP contribution in [0.1, 0.15) is 16.1 Å². The van der Waals surface area contributed by atoms with Gasteiger partial charge in [0.05, 0.1) is 0 Å². The molecule has 0 saturated carbocycles. The number of hydrogen-bond acceptors (Lipinski definition) is 3. The minimum atomic E-state index is -1.18. The van der Waals surface area contributed by atoms with Gasteiger partial charge in [-0.1, -0.05) is 5.16 Å². The molecule has 2 rings (SSSR count). The van der Waals surface area contributed by atoms with E-state index in [1.54, 1.807) is 13.0 Å². The van der Waals surface area contributed by atoms with Crippen molar-refractivity contribution in [3.05, 3.63) is 41.4 Å². The average Bonchev–Trinajstić information content (AvgIpc) is 2.71. The van der Waals surface area contributed by atoms with Crippen LogP contribution in [0, 0.1) is 12.7 Å². The molecule has 5 heteroatoms. The largest absolute Gasteiger partial charge is 0.475 e. The molecule has 4 nitrogen and oxygen atoms in total. The maximum Gasteiger partial charge on any atom is 0.374 e. The Kier molecular flexibility index (Phi) is 2.44. The molecule has 0 fully saturated rings. The maximum atomic E-state index is 13.0. The molecule has 16 heavy (non-hydrogen) atoms. The topological polar surface area (TPSA) is 63.3 Å². The fraction of sp³-hybridized carbons (Fsp3) is 0.0909. The van der Waals surface area contributed by atoms with Gasteiger partial charge < -0.3 is 9.63 Å². The number of carbonyl (C=O) groups is 1. The number of nitrogens with zero attached hydrogens (tertiary/aromatic N) is 1. The van der Waals surface area contributed by atoms with Crippen molar-refractivity contribution in [1.29, 1.82) is 0 Å². The van der Waals surface area contributed by atoms with Crippen molar-refractivity contribution in [3.8, 4) is 11.3 Å². The van der Waals surface area contributed by atoms with Crippen molar-refractivity contribution < 1.29 is 18.8 Å². The predicted octanol–water partition coefficient (Wildman–Crippen LogP) is 2.49. The Morgan fingerprint density at radius 2 is 2.19 bits per heavy atom. The summed E-state index contributed by atoms with van der Waals surface area (Å²) in [6, 6.07) is 5.71. The normalized spacial score (nSPS) is 10.4. The number of hydrogen-bond donors (Lipinski definition) is 1. The lowest BCUT2D eigenvalue weighted by Crippen LogP contribution is -1.91. The summed E-state index contributed by atoms with van der Waals surface area (Å²) in [6.07, 6.45) is 0. The fourth-order valence-electron chi connectivity index (χ4n) is 1.32. The second-order valence-electron chi connectivity index (χ2n) is 3.35. The molecule has 0 aliphatic heterocycles. The van der Waals surface area contributed by atoms with E-state index in [-0.39, 0.29) is 11.6 Å². The summed E-state index contributed by atoms with van der Waals surface area (Å²) >= 11 is 0. The van der Waals surface area contributed by atoms with Gasteiger partial charge in [0.1, 0.15) is 11.5 Å². The number of carboxylic acid groups (broad SMARTS) is 1. The van der Waals surface area contributed by atoms with E-state index in [9.17, 15) is 9.18 Å². The second kappa shape index (κ2) is 3.77. The molecule has 1 aromatic heterocycles. The van der Waals surface area contributed by atoms with Crippen LogP contribution in [-0.2, 0) is 0 Å². The van der Waals surface area contributed by atoms with Gasteiger partial charge in [-0.15, -0.1) is 0 Å². The van der Waals surface area contributed by atoms with Gasteiger partial charge in [-0.25, -0.2) is 9.18 Å². The molecule has 0 spiro atoms. The summed E-state index contributed by atoms with van der Waals surface area (Å²) in [5.74, 6) is -1.74. The molecular weight excluding hydrogens is 213 g/mol. The Morgan fingerprint density at radius 1 is 1.44 bits per heavy atom. The number of rotatable bonds is 2. The second-order valence-corrected chi connectivity index (χ2v) is 3.35. The van der Waals surface area contributed by atoms with Gasteiger partial charge in [-0.2, -0.15) is 0 Å². The fourth-order valence-corrected chi connectivity index (χ4v) is 1.32. The van der Waals surface area contributed by atoms with Crippen LogP contribution in [0.25, 0.3) is 11.3 Å². The molecule has 1 heterocycles. The lowest BCUT2D eigenvalue weighted by Gasteiger charge is -1.98. The Hall–Kier alpha value is -2.17. The van der Waals surface area contributed by atoms with Gasteiger partial charge in [0.25, 0.3) is 0 Å². The molecule has 0 atom stereocenters. The summed E-state index contributed by atoms with van der Waals surface area (Å²) < 4.78 is 17.6. The highest BCUT2D eigenvalue weighted by atomic mass is 19.1. The van der Waals surface area contributed by atoms with Crippen molar-refractivity contribution >= 4 is 5.97 Å². The third kappa shape index (κ3) is 1.79. The van der Waals surface area contributed by atoms with Gasteiger partial charge >= 0.3 is 5.97 Å². The summed E-state index contributed by atoms with van der Waals surface area (Å²) in [5, 5.41) is 12.3. The van der Waals surface area contributed by atoms with Gasteiger partial charge in [0.15, 0.2) is 0 Å². The van der Waals surface area contributed by atoms with Crippen LogP contribution < -0.4 is 0 Å². The van der Waals surface area contributed by atoms with E-state index in [2.05, 4.69) is 9.68 Å². The van der Waals surface area contributed by atoms with Crippen molar-refractivity contribution in [3.63, 3.8) is 0 Å². The molecule has 1 N–H and O–H groups in total.